The van der Waals surface area contributed by atoms with Crippen molar-refractivity contribution in [3.8, 4) is 11.3 Å². The lowest BCUT2D eigenvalue weighted by atomic mass is 9.96. The maximum atomic E-state index is 13.4. The largest absolute Gasteiger partial charge is 0.355 e. The monoisotopic (exact) mass is 451 g/mol. The van der Waals surface area contributed by atoms with Crippen LogP contribution in [0.5, 0.6) is 0 Å². The topological polar surface area (TPSA) is 84.2 Å². The molecule has 1 fully saturated rings. The molecule has 5 rings (SSSR count). The third kappa shape index (κ3) is 4.01. The van der Waals surface area contributed by atoms with Gasteiger partial charge in [-0.1, -0.05) is 16.8 Å². The quantitative estimate of drug-likeness (QED) is 0.473. The Morgan fingerprint density at radius 2 is 1.91 bits per heavy atom. The van der Waals surface area contributed by atoms with Gasteiger partial charge in [-0.05, 0) is 61.4 Å². The van der Waals surface area contributed by atoms with Crippen LogP contribution in [0.4, 0.5) is 15.9 Å². The molecule has 2 aromatic heterocycles. The van der Waals surface area contributed by atoms with E-state index in [0.717, 1.165) is 19.4 Å². The van der Waals surface area contributed by atoms with Crippen LogP contribution in [0, 0.1) is 11.7 Å². The predicted molar refractivity (Wildman–Crippen MR) is 120 cm³/mol. The van der Waals surface area contributed by atoms with E-state index in [1.807, 2.05) is 0 Å². The second-order valence-corrected chi connectivity index (χ2v) is 8.13. The normalized spacial score (nSPS) is 16.3. The summed E-state index contributed by atoms with van der Waals surface area (Å²) in [6.45, 7) is 1.24. The Morgan fingerprint density at radius 3 is 2.69 bits per heavy atom. The molecule has 32 heavy (non-hydrogen) atoms. The van der Waals surface area contributed by atoms with E-state index in [2.05, 4.69) is 25.3 Å². The molecule has 1 atom stereocenters. The summed E-state index contributed by atoms with van der Waals surface area (Å²) < 4.78 is 18.8. The fourth-order valence-corrected chi connectivity index (χ4v) is 4.10. The lowest BCUT2D eigenvalue weighted by Crippen LogP contribution is -2.41. The van der Waals surface area contributed by atoms with E-state index in [9.17, 15) is 9.18 Å². The number of fused-ring (bicyclic) bond motifs is 1. The molecule has 4 aromatic rings. The molecule has 1 aliphatic rings. The number of piperidine rings is 1. The lowest BCUT2D eigenvalue weighted by Gasteiger charge is -2.33. The fraction of sp³-hybridized carbons (Fsp3) is 0.217. The van der Waals surface area contributed by atoms with Crippen molar-refractivity contribution in [3.05, 3.63) is 65.7 Å². The van der Waals surface area contributed by atoms with Gasteiger partial charge in [0.15, 0.2) is 0 Å². The molecule has 1 N–H and O–H groups in total. The molecule has 0 aliphatic carbocycles. The first kappa shape index (κ1) is 20.4. The van der Waals surface area contributed by atoms with Gasteiger partial charge in [0.05, 0.1) is 5.92 Å². The number of rotatable bonds is 4. The van der Waals surface area contributed by atoms with Crippen LogP contribution in [0.2, 0.25) is 5.02 Å². The Kier molecular flexibility index (Phi) is 5.45. The van der Waals surface area contributed by atoms with E-state index in [1.54, 1.807) is 36.4 Å². The smallest absolute Gasteiger partial charge is 0.263 e. The van der Waals surface area contributed by atoms with Gasteiger partial charge in [0.25, 0.3) is 5.71 Å². The molecule has 0 spiro atoms. The number of anilines is 2. The average molecular weight is 452 g/mol. The maximum Gasteiger partial charge on any atom is 0.263 e. The molecule has 1 saturated heterocycles. The van der Waals surface area contributed by atoms with Crippen molar-refractivity contribution in [2.24, 2.45) is 5.92 Å². The number of hydrogen-bond acceptors (Lipinski definition) is 6. The summed E-state index contributed by atoms with van der Waals surface area (Å²) in [6.07, 6.45) is 3.04. The van der Waals surface area contributed by atoms with Crippen LogP contribution in [-0.2, 0) is 4.79 Å². The van der Waals surface area contributed by atoms with E-state index < -0.39 is 0 Å². The number of aromatic nitrogens is 3. The minimum Gasteiger partial charge on any atom is -0.355 e. The van der Waals surface area contributed by atoms with Crippen molar-refractivity contribution in [2.75, 3.05) is 23.3 Å². The molecule has 0 radical (unpaired) electrons. The molecular formula is C23H19ClFN5O2. The zero-order valence-electron chi connectivity index (χ0n) is 17.0. The molecule has 2 aromatic carbocycles. The summed E-state index contributed by atoms with van der Waals surface area (Å²) in [6, 6.07) is 13.1. The number of halogens is 2. The third-order valence-electron chi connectivity index (χ3n) is 5.57. The highest BCUT2D eigenvalue weighted by Crippen LogP contribution is 2.35. The second kappa shape index (κ2) is 8.55. The minimum absolute atomic E-state index is 0.0496. The molecule has 1 aliphatic heterocycles. The zero-order valence-corrected chi connectivity index (χ0v) is 17.7. The van der Waals surface area contributed by atoms with Gasteiger partial charge in [-0.3, -0.25) is 4.79 Å². The van der Waals surface area contributed by atoms with Gasteiger partial charge >= 0.3 is 0 Å². The molecular weight excluding hydrogens is 433 g/mol. The SMILES string of the molecule is O=C(Nc1ccc(Cl)cc1)[C@H]1CCCN(c2ncnc3onc(-c4ccc(F)cc4)c23)C1. The highest BCUT2D eigenvalue weighted by atomic mass is 35.5. The summed E-state index contributed by atoms with van der Waals surface area (Å²) in [5.41, 5.74) is 2.30. The van der Waals surface area contributed by atoms with Gasteiger partial charge in [0.1, 0.15) is 29.0 Å². The van der Waals surface area contributed by atoms with E-state index in [-0.39, 0.29) is 17.6 Å². The Hall–Kier alpha value is -3.52. The van der Waals surface area contributed by atoms with Gasteiger partial charge in [-0.2, -0.15) is 4.98 Å². The van der Waals surface area contributed by atoms with Crippen molar-refractivity contribution >= 4 is 40.1 Å². The molecule has 3 heterocycles. The maximum absolute atomic E-state index is 13.4. The van der Waals surface area contributed by atoms with Gasteiger partial charge < -0.3 is 14.7 Å². The summed E-state index contributed by atoms with van der Waals surface area (Å²) >= 11 is 5.92. The van der Waals surface area contributed by atoms with Crippen molar-refractivity contribution in [1.82, 2.24) is 15.1 Å². The number of hydrogen-bond donors (Lipinski definition) is 1. The molecule has 9 heteroatoms. The Labute approximate surface area is 188 Å². The van der Waals surface area contributed by atoms with Crippen LogP contribution in [0.3, 0.4) is 0 Å². The van der Waals surface area contributed by atoms with E-state index >= 15 is 0 Å². The molecule has 1 amide bonds. The Bertz CT molecular complexity index is 1260. The first-order valence-electron chi connectivity index (χ1n) is 10.3. The standard InChI is InChI=1S/C23H19ClFN5O2/c24-16-5-9-18(10-6-16)28-22(31)15-2-1-11-30(12-15)21-19-20(14-3-7-17(25)8-4-14)29-32-23(19)27-13-26-21/h3-10,13,15H,1-2,11-12H2,(H,28,31)/t15-/m0/s1. The van der Waals surface area contributed by atoms with Gasteiger partial charge in [-0.15, -0.1) is 0 Å². The second-order valence-electron chi connectivity index (χ2n) is 7.70. The van der Waals surface area contributed by atoms with E-state index in [1.165, 1.54) is 18.5 Å². The van der Waals surface area contributed by atoms with Crippen LogP contribution < -0.4 is 10.2 Å². The highest BCUT2D eigenvalue weighted by Gasteiger charge is 2.29. The molecule has 0 unspecified atom stereocenters. The minimum atomic E-state index is -0.330. The molecule has 0 saturated carbocycles. The van der Waals surface area contributed by atoms with Crippen molar-refractivity contribution in [1.29, 1.82) is 0 Å². The van der Waals surface area contributed by atoms with Gasteiger partial charge in [-0.25, -0.2) is 9.37 Å². The van der Waals surface area contributed by atoms with E-state index in [0.29, 0.717) is 45.4 Å². The Morgan fingerprint density at radius 1 is 1.12 bits per heavy atom. The summed E-state index contributed by atoms with van der Waals surface area (Å²) in [7, 11) is 0. The van der Waals surface area contributed by atoms with Crippen molar-refractivity contribution < 1.29 is 13.7 Å². The molecule has 7 nitrogen and oxygen atoms in total. The van der Waals surface area contributed by atoms with Crippen LogP contribution in [-0.4, -0.2) is 34.1 Å². The number of carbonyl (C=O) groups is 1. The van der Waals surface area contributed by atoms with Gasteiger partial charge in [0, 0.05) is 29.4 Å². The van der Waals surface area contributed by atoms with E-state index in [4.69, 9.17) is 16.1 Å². The number of nitrogens with zero attached hydrogens (tertiary/aromatic N) is 4. The van der Waals surface area contributed by atoms with Crippen LogP contribution in [0.15, 0.2) is 59.4 Å². The zero-order chi connectivity index (χ0) is 22.1. The highest BCUT2D eigenvalue weighted by molar-refractivity contribution is 6.30. The van der Waals surface area contributed by atoms with Gasteiger partial charge in [0.2, 0.25) is 5.91 Å². The fourth-order valence-electron chi connectivity index (χ4n) is 3.98. The Balaban J connectivity index is 1.42. The third-order valence-corrected chi connectivity index (χ3v) is 5.83. The van der Waals surface area contributed by atoms with Crippen LogP contribution >= 0.6 is 11.6 Å². The van der Waals surface area contributed by atoms with Crippen LogP contribution in [0.25, 0.3) is 22.4 Å². The number of benzene rings is 2. The predicted octanol–water partition coefficient (Wildman–Crippen LogP) is 4.93. The first-order chi connectivity index (χ1) is 15.6. The summed E-state index contributed by atoms with van der Waals surface area (Å²) in [5, 5.41) is 8.38. The molecule has 162 valence electrons. The average Bonchev–Trinajstić information content (AvgIpc) is 3.25. The van der Waals surface area contributed by atoms with Crippen molar-refractivity contribution in [2.45, 2.75) is 12.8 Å². The summed E-state index contributed by atoms with van der Waals surface area (Å²) in [5.74, 6) is 0.0631. The molecule has 0 bridgehead atoms. The number of nitrogens with one attached hydrogen (secondary N) is 1. The number of amides is 1. The van der Waals surface area contributed by atoms with Crippen LogP contribution in [0.1, 0.15) is 12.8 Å². The summed E-state index contributed by atoms with van der Waals surface area (Å²) in [4.78, 5) is 23.6. The number of carbonyl (C=O) groups excluding carboxylic acids is 1. The van der Waals surface area contributed by atoms with Crippen molar-refractivity contribution in [3.63, 3.8) is 0 Å². The first-order valence-corrected chi connectivity index (χ1v) is 10.6. The lowest BCUT2D eigenvalue weighted by molar-refractivity contribution is -0.120.